The van der Waals surface area contributed by atoms with E-state index in [9.17, 15) is 5.21 Å². The number of benzene rings is 2. The molecule has 0 radical (unpaired) electrons. The van der Waals surface area contributed by atoms with Gasteiger partial charge < -0.3 is 5.21 Å². The monoisotopic (exact) mass is 350 g/mol. The minimum Gasteiger partial charge on any atom is -0.611 e. The van der Waals surface area contributed by atoms with E-state index in [0.29, 0.717) is 6.54 Å². The molecule has 3 nitrogen and oxygen atoms in total. The number of rotatable bonds is 3. The summed E-state index contributed by atoms with van der Waals surface area (Å²) in [5.74, 6) is 0.135. The van der Waals surface area contributed by atoms with Crippen LogP contribution in [0.2, 0.25) is 0 Å². The van der Waals surface area contributed by atoms with Gasteiger partial charge in [-0.25, -0.2) is 0 Å². The second-order valence-electron chi connectivity index (χ2n) is 8.06. The van der Waals surface area contributed by atoms with E-state index < -0.39 is 0 Å². The van der Waals surface area contributed by atoms with Crippen molar-refractivity contribution < 1.29 is 4.76 Å². The standard InChI is InChI=1S/C23H30N2O/c1-16-9-17(2)12-21(11-16)20-7-8-23(25(26,15-20)24(5)6)22-13-18(3)10-19(4)14-22/h7-14,20,23H,15H2,1-6H3/t20-,23-,25+/m1/s1. The van der Waals surface area contributed by atoms with Crippen molar-refractivity contribution in [2.75, 3.05) is 20.6 Å². The van der Waals surface area contributed by atoms with Crippen molar-refractivity contribution in [3.05, 3.63) is 87.1 Å². The maximum Gasteiger partial charge on any atom is 0.151 e. The highest BCUT2D eigenvalue weighted by Crippen LogP contribution is 2.39. The number of nitrogens with zero attached hydrogens (tertiary/aromatic N) is 2. The summed E-state index contributed by atoms with van der Waals surface area (Å²) in [5, 5.41) is 15.7. The predicted octanol–water partition coefficient (Wildman–Crippen LogP) is 5.11. The molecule has 138 valence electrons. The van der Waals surface area contributed by atoms with Gasteiger partial charge in [-0.05, 0) is 51.5 Å². The smallest absolute Gasteiger partial charge is 0.151 e. The van der Waals surface area contributed by atoms with Crippen LogP contribution in [0.4, 0.5) is 0 Å². The van der Waals surface area contributed by atoms with E-state index >= 15 is 0 Å². The summed E-state index contributed by atoms with van der Waals surface area (Å²) in [6.45, 7) is 8.94. The Hall–Kier alpha value is -1.94. The van der Waals surface area contributed by atoms with Crippen LogP contribution in [0.1, 0.15) is 45.3 Å². The van der Waals surface area contributed by atoms with E-state index in [1.165, 1.54) is 27.8 Å². The van der Waals surface area contributed by atoms with Gasteiger partial charge in [0, 0.05) is 19.7 Å². The van der Waals surface area contributed by atoms with Gasteiger partial charge in [0.2, 0.25) is 0 Å². The Balaban J connectivity index is 2.04. The maximum absolute atomic E-state index is 13.9. The Morgan fingerprint density at radius 1 is 0.769 bits per heavy atom. The van der Waals surface area contributed by atoms with Gasteiger partial charge in [-0.1, -0.05) is 52.6 Å². The van der Waals surface area contributed by atoms with Crippen LogP contribution in [0.25, 0.3) is 0 Å². The Morgan fingerprint density at radius 2 is 1.23 bits per heavy atom. The highest BCUT2D eigenvalue weighted by molar-refractivity contribution is 5.36. The van der Waals surface area contributed by atoms with Crippen molar-refractivity contribution in [1.82, 2.24) is 5.01 Å². The number of hydrogen-bond acceptors (Lipinski definition) is 2. The zero-order valence-electron chi connectivity index (χ0n) is 16.8. The first kappa shape index (κ1) is 18.8. The fraction of sp³-hybridized carbons (Fsp3) is 0.391. The molecular weight excluding hydrogens is 320 g/mol. The van der Waals surface area contributed by atoms with Crippen LogP contribution < -0.4 is 0 Å². The fourth-order valence-corrected chi connectivity index (χ4v) is 4.21. The number of hydrogen-bond donors (Lipinski definition) is 0. The summed E-state index contributed by atoms with van der Waals surface area (Å²) in [7, 11) is 3.78. The molecule has 3 rings (SSSR count). The maximum atomic E-state index is 13.9. The molecule has 0 aliphatic carbocycles. The summed E-state index contributed by atoms with van der Waals surface area (Å²) >= 11 is 0. The van der Waals surface area contributed by atoms with Crippen LogP contribution in [0.15, 0.2) is 48.6 Å². The van der Waals surface area contributed by atoms with Gasteiger partial charge in [-0.3, -0.25) is 4.76 Å². The Kier molecular flexibility index (Phi) is 5.07. The molecule has 0 aromatic heterocycles. The second kappa shape index (κ2) is 6.99. The van der Waals surface area contributed by atoms with Crippen molar-refractivity contribution in [3.63, 3.8) is 0 Å². The van der Waals surface area contributed by atoms with Crippen molar-refractivity contribution >= 4 is 0 Å². The van der Waals surface area contributed by atoms with Gasteiger partial charge in [0.05, 0.1) is 5.92 Å². The van der Waals surface area contributed by atoms with Crippen molar-refractivity contribution in [2.45, 2.75) is 39.7 Å². The first-order valence-corrected chi connectivity index (χ1v) is 9.30. The van der Waals surface area contributed by atoms with Crippen LogP contribution in [0, 0.1) is 32.9 Å². The molecule has 0 spiro atoms. The molecule has 0 bridgehead atoms. The first-order valence-electron chi connectivity index (χ1n) is 9.30. The van der Waals surface area contributed by atoms with Gasteiger partial charge in [-0.2, -0.15) is 5.01 Å². The van der Waals surface area contributed by atoms with E-state index in [2.05, 4.69) is 76.2 Å². The van der Waals surface area contributed by atoms with E-state index in [4.69, 9.17) is 0 Å². The Labute approximate surface area is 157 Å². The van der Waals surface area contributed by atoms with Crippen LogP contribution in [-0.4, -0.2) is 30.4 Å². The van der Waals surface area contributed by atoms with E-state index in [-0.39, 0.29) is 16.7 Å². The molecule has 2 aromatic carbocycles. The molecular formula is C23H30N2O. The van der Waals surface area contributed by atoms with Gasteiger partial charge in [0.15, 0.2) is 6.04 Å². The molecule has 1 aliphatic heterocycles. The molecule has 1 aliphatic rings. The predicted molar refractivity (Wildman–Crippen MR) is 109 cm³/mol. The third kappa shape index (κ3) is 3.61. The highest BCUT2D eigenvalue weighted by atomic mass is 16.6. The van der Waals surface area contributed by atoms with Crippen molar-refractivity contribution in [1.29, 1.82) is 0 Å². The third-order valence-electron chi connectivity index (χ3n) is 5.35. The Bertz CT molecular complexity index is 800. The molecule has 3 atom stereocenters. The third-order valence-corrected chi connectivity index (χ3v) is 5.35. The quantitative estimate of drug-likeness (QED) is 0.437. The molecule has 3 heteroatoms. The molecule has 2 aromatic rings. The number of aryl methyl sites for hydroxylation is 4. The van der Waals surface area contributed by atoms with Gasteiger partial charge in [0.25, 0.3) is 0 Å². The number of hydroxylamine groups is 2. The largest absolute Gasteiger partial charge is 0.611 e. The lowest BCUT2D eigenvalue weighted by Crippen LogP contribution is -2.57. The highest BCUT2D eigenvalue weighted by Gasteiger charge is 2.37. The molecule has 1 heterocycles. The average Bonchev–Trinajstić information content (AvgIpc) is 2.52. The zero-order valence-corrected chi connectivity index (χ0v) is 16.8. The van der Waals surface area contributed by atoms with Crippen LogP contribution >= 0.6 is 0 Å². The lowest BCUT2D eigenvalue weighted by molar-refractivity contribution is -1.01. The Morgan fingerprint density at radius 3 is 1.69 bits per heavy atom. The number of quaternary nitrogens is 1. The van der Waals surface area contributed by atoms with Gasteiger partial charge >= 0.3 is 0 Å². The zero-order chi connectivity index (χ0) is 19.1. The summed E-state index contributed by atoms with van der Waals surface area (Å²) in [5.41, 5.74) is 7.24. The molecule has 0 amide bonds. The lowest BCUT2D eigenvalue weighted by Gasteiger charge is -2.54. The fourth-order valence-electron chi connectivity index (χ4n) is 4.21. The molecule has 26 heavy (non-hydrogen) atoms. The van der Waals surface area contributed by atoms with Crippen molar-refractivity contribution in [3.8, 4) is 0 Å². The summed E-state index contributed by atoms with van der Waals surface area (Å²) in [6.07, 6.45) is 4.35. The van der Waals surface area contributed by atoms with Crippen LogP contribution in [-0.2, 0) is 0 Å². The minimum atomic E-state index is -0.364. The second-order valence-corrected chi connectivity index (χ2v) is 8.06. The van der Waals surface area contributed by atoms with Crippen LogP contribution in [0.5, 0.6) is 0 Å². The summed E-state index contributed by atoms with van der Waals surface area (Å²) in [4.78, 5) is 0. The first-order chi connectivity index (χ1) is 12.2. The summed E-state index contributed by atoms with van der Waals surface area (Å²) < 4.78 is -0.364. The SMILES string of the molecule is Cc1cc(C)cc([C@@H]2C=C[C@H](c3cc(C)cc(C)c3)[N@+]([O-])(N(C)C)C2)c1. The topological polar surface area (TPSA) is 26.3 Å². The lowest BCUT2D eigenvalue weighted by atomic mass is 9.89. The normalized spacial score (nSPS) is 25.7. The molecule has 0 fully saturated rings. The van der Waals surface area contributed by atoms with Gasteiger partial charge in [0.1, 0.15) is 6.54 Å². The van der Waals surface area contributed by atoms with E-state index in [0.717, 1.165) is 5.56 Å². The summed E-state index contributed by atoms with van der Waals surface area (Å²) in [6, 6.07) is 12.8. The van der Waals surface area contributed by atoms with Gasteiger partial charge in [-0.15, -0.1) is 0 Å². The molecule has 0 unspecified atom stereocenters. The molecule has 0 N–H and O–H groups in total. The van der Waals surface area contributed by atoms with Crippen molar-refractivity contribution in [2.24, 2.45) is 0 Å². The van der Waals surface area contributed by atoms with Crippen LogP contribution in [0.3, 0.4) is 0 Å². The molecule has 0 saturated carbocycles. The van der Waals surface area contributed by atoms with E-state index in [1.807, 2.05) is 19.1 Å². The average molecular weight is 351 g/mol. The minimum absolute atomic E-state index is 0.135. The van der Waals surface area contributed by atoms with E-state index in [1.54, 1.807) is 0 Å². The molecule has 0 saturated heterocycles.